The summed E-state index contributed by atoms with van der Waals surface area (Å²) in [5.41, 5.74) is 17.7. The Bertz CT molecular complexity index is 2980. The van der Waals surface area contributed by atoms with Gasteiger partial charge < -0.3 is 9.13 Å². The second-order valence-electron chi connectivity index (χ2n) is 13.7. The highest BCUT2D eigenvalue weighted by Gasteiger charge is 2.21. The van der Waals surface area contributed by atoms with E-state index in [1.54, 1.807) is 0 Å². The van der Waals surface area contributed by atoms with Crippen molar-refractivity contribution < 1.29 is 0 Å². The molecule has 2 heteroatoms. The number of para-hydroxylation sites is 3. The Morgan fingerprint density at radius 2 is 0.784 bits per heavy atom. The third-order valence-corrected chi connectivity index (χ3v) is 10.9. The number of fused-ring (bicyclic) bond motifs is 11. The maximum absolute atomic E-state index is 2.44. The molecule has 0 saturated carbocycles. The predicted molar refractivity (Wildman–Crippen MR) is 214 cm³/mol. The van der Waals surface area contributed by atoms with Crippen LogP contribution >= 0.6 is 0 Å². The van der Waals surface area contributed by atoms with Crippen molar-refractivity contribution in [2.75, 3.05) is 0 Å². The van der Waals surface area contributed by atoms with Gasteiger partial charge in [0, 0.05) is 32.9 Å². The summed E-state index contributed by atoms with van der Waals surface area (Å²) in [6, 6.07) is 67.0. The zero-order chi connectivity index (χ0) is 33.5. The maximum Gasteiger partial charge on any atom is 0.0548 e. The Morgan fingerprint density at radius 3 is 1.51 bits per heavy atom. The fourth-order valence-corrected chi connectivity index (χ4v) is 8.63. The average molecular weight is 649 g/mol. The van der Waals surface area contributed by atoms with Crippen molar-refractivity contribution >= 4 is 43.6 Å². The van der Waals surface area contributed by atoms with Crippen LogP contribution in [-0.2, 0) is 6.42 Å². The lowest BCUT2D eigenvalue weighted by Crippen LogP contribution is -1.94. The van der Waals surface area contributed by atoms with Crippen LogP contribution in [0.15, 0.2) is 182 Å². The van der Waals surface area contributed by atoms with Crippen molar-refractivity contribution in [3.8, 4) is 44.8 Å². The molecule has 238 valence electrons. The van der Waals surface area contributed by atoms with Crippen LogP contribution < -0.4 is 0 Å². The van der Waals surface area contributed by atoms with E-state index in [4.69, 9.17) is 0 Å². The van der Waals surface area contributed by atoms with Crippen molar-refractivity contribution in [3.63, 3.8) is 0 Å². The highest BCUT2D eigenvalue weighted by atomic mass is 15.0. The van der Waals surface area contributed by atoms with Gasteiger partial charge in [-0.15, -0.1) is 0 Å². The summed E-state index contributed by atoms with van der Waals surface area (Å²) < 4.78 is 4.86. The van der Waals surface area contributed by atoms with Crippen LogP contribution in [0.3, 0.4) is 0 Å². The van der Waals surface area contributed by atoms with E-state index >= 15 is 0 Å². The third-order valence-electron chi connectivity index (χ3n) is 10.9. The van der Waals surface area contributed by atoms with E-state index < -0.39 is 0 Å². The van der Waals surface area contributed by atoms with Gasteiger partial charge in [0.15, 0.2) is 0 Å². The van der Waals surface area contributed by atoms with Crippen LogP contribution in [0.4, 0.5) is 0 Å². The zero-order valence-corrected chi connectivity index (χ0v) is 27.9. The fourth-order valence-electron chi connectivity index (χ4n) is 8.63. The number of rotatable bonds is 3. The Labute approximate surface area is 296 Å². The van der Waals surface area contributed by atoms with E-state index in [0.717, 1.165) is 12.1 Å². The van der Waals surface area contributed by atoms with E-state index in [0.29, 0.717) is 0 Å². The lowest BCUT2D eigenvalue weighted by atomic mass is 9.92. The van der Waals surface area contributed by atoms with Crippen LogP contribution in [-0.4, -0.2) is 9.13 Å². The summed E-state index contributed by atoms with van der Waals surface area (Å²) >= 11 is 0. The second-order valence-corrected chi connectivity index (χ2v) is 13.7. The first kappa shape index (κ1) is 28.2. The average Bonchev–Trinajstić information content (AvgIpc) is 3.64. The molecule has 8 aromatic carbocycles. The molecule has 1 aliphatic rings. The van der Waals surface area contributed by atoms with Crippen molar-refractivity contribution in [2.45, 2.75) is 6.42 Å². The molecule has 2 nitrogen and oxygen atoms in total. The number of nitrogens with zero attached hydrogens (tertiary/aromatic N) is 2. The maximum atomic E-state index is 2.44. The van der Waals surface area contributed by atoms with Gasteiger partial charge in [0.1, 0.15) is 0 Å². The molecule has 0 fully saturated rings. The molecular formula is C49H32N2. The summed E-state index contributed by atoms with van der Waals surface area (Å²) in [4.78, 5) is 0. The summed E-state index contributed by atoms with van der Waals surface area (Å²) in [5.74, 6) is 0. The molecule has 11 rings (SSSR count). The van der Waals surface area contributed by atoms with Gasteiger partial charge in [-0.05, 0) is 112 Å². The van der Waals surface area contributed by atoms with Gasteiger partial charge >= 0.3 is 0 Å². The van der Waals surface area contributed by atoms with E-state index in [9.17, 15) is 0 Å². The van der Waals surface area contributed by atoms with Gasteiger partial charge in [-0.1, -0.05) is 121 Å². The molecule has 0 unspecified atom stereocenters. The first-order valence-electron chi connectivity index (χ1n) is 17.7. The van der Waals surface area contributed by atoms with E-state index in [1.807, 2.05) is 0 Å². The highest BCUT2D eigenvalue weighted by molar-refractivity contribution is 6.19. The Morgan fingerprint density at radius 1 is 0.294 bits per heavy atom. The standard InChI is InChI=1S/C49H32N2/c1-3-14-36(15-4-1)50-46-22-12-11-21-41(46)44-30-49-45(31-48(44)50)43-29-33(25-26-47(43)51(49)37-16-5-2-6-17-37)32-23-24-35-27-34-13-7-8-18-38(34)39-19-9-10-20-40(39)42(35)28-32/h1-26,28-31H,27H2. The lowest BCUT2D eigenvalue weighted by Gasteiger charge is -2.13. The third kappa shape index (κ3) is 4.23. The largest absolute Gasteiger partial charge is 0.309 e. The molecule has 0 bridgehead atoms. The smallest absolute Gasteiger partial charge is 0.0548 e. The van der Waals surface area contributed by atoms with Crippen molar-refractivity contribution in [3.05, 3.63) is 193 Å². The SMILES string of the molecule is c1ccc(-n2c3ccccc3c3cc4c(cc32)c2cc(-c3ccc5c(c3)-c3ccccc3-c3ccccc3C5)ccc2n4-c2ccccc2)cc1. The highest BCUT2D eigenvalue weighted by Crippen LogP contribution is 2.44. The number of aromatic nitrogens is 2. The van der Waals surface area contributed by atoms with Gasteiger partial charge in [0.2, 0.25) is 0 Å². The molecule has 51 heavy (non-hydrogen) atoms. The van der Waals surface area contributed by atoms with E-state index in [-0.39, 0.29) is 0 Å². The molecule has 0 spiro atoms. The number of hydrogen-bond donors (Lipinski definition) is 0. The van der Waals surface area contributed by atoms with Gasteiger partial charge in [0.05, 0.1) is 22.1 Å². The minimum Gasteiger partial charge on any atom is -0.309 e. The summed E-state index contributed by atoms with van der Waals surface area (Å²) in [5, 5.41) is 5.02. The molecule has 0 saturated heterocycles. The Hall–Kier alpha value is -6.64. The molecule has 0 atom stereocenters. The molecule has 2 aromatic heterocycles. The normalized spacial score (nSPS) is 12.2. The quantitative estimate of drug-likeness (QED) is 0.180. The molecule has 0 aliphatic heterocycles. The first-order chi connectivity index (χ1) is 25.3. The molecule has 10 aromatic rings. The topological polar surface area (TPSA) is 9.86 Å². The minimum absolute atomic E-state index is 0.926. The molecule has 0 radical (unpaired) electrons. The lowest BCUT2D eigenvalue weighted by molar-refractivity contribution is 1.17. The van der Waals surface area contributed by atoms with Crippen LogP contribution in [0.5, 0.6) is 0 Å². The van der Waals surface area contributed by atoms with Crippen molar-refractivity contribution in [1.82, 2.24) is 9.13 Å². The van der Waals surface area contributed by atoms with E-state index in [1.165, 1.54) is 93.8 Å². The number of hydrogen-bond acceptors (Lipinski definition) is 0. The zero-order valence-electron chi connectivity index (χ0n) is 27.9. The Kier molecular flexibility index (Phi) is 6.05. The van der Waals surface area contributed by atoms with Crippen LogP contribution in [0.25, 0.3) is 88.4 Å². The van der Waals surface area contributed by atoms with Crippen molar-refractivity contribution in [1.29, 1.82) is 0 Å². The molecule has 1 aliphatic carbocycles. The predicted octanol–water partition coefficient (Wildman–Crippen LogP) is 12.8. The summed E-state index contributed by atoms with van der Waals surface area (Å²) in [7, 11) is 0. The second kappa shape index (κ2) is 10.9. The fraction of sp³-hybridized carbons (Fsp3) is 0.0204. The van der Waals surface area contributed by atoms with Crippen LogP contribution in [0.2, 0.25) is 0 Å². The monoisotopic (exact) mass is 648 g/mol. The van der Waals surface area contributed by atoms with Gasteiger partial charge in [-0.3, -0.25) is 0 Å². The minimum atomic E-state index is 0.926. The molecule has 0 N–H and O–H groups in total. The van der Waals surface area contributed by atoms with Gasteiger partial charge in [-0.2, -0.15) is 0 Å². The molecule has 0 amide bonds. The first-order valence-corrected chi connectivity index (χ1v) is 17.7. The number of benzene rings is 8. The summed E-state index contributed by atoms with van der Waals surface area (Å²) in [6.45, 7) is 0. The summed E-state index contributed by atoms with van der Waals surface area (Å²) in [6.07, 6.45) is 0.926. The molecular weight excluding hydrogens is 617 g/mol. The van der Waals surface area contributed by atoms with Gasteiger partial charge in [0.25, 0.3) is 0 Å². The van der Waals surface area contributed by atoms with Crippen molar-refractivity contribution in [2.24, 2.45) is 0 Å². The molecule has 2 heterocycles. The van der Waals surface area contributed by atoms with Gasteiger partial charge in [-0.25, -0.2) is 0 Å². The van der Waals surface area contributed by atoms with Crippen LogP contribution in [0.1, 0.15) is 11.1 Å². The Balaban J connectivity index is 1.18. The van der Waals surface area contributed by atoms with E-state index in [2.05, 4.69) is 191 Å². The van der Waals surface area contributed by atoms with Crippen LogP contribution in [0, 0.1) is 0 Å².